The lowest BCUT2D eigenvalue weighted by molar-refractivity contribution is -0.0894. The first-order valence-corrected chi connectivity index (χ1v) is 11.2. The number of nitrogens with zero attached hydrogens (tertiary/aromatic N) is 3. The number of aromatic carboxylic acids is 1. The Hall–Kier alpha value is -2.91. The highest BCUT2D eigenvalue weighted by Crippen LogP contribution is 2.28. The third-order valence-corrected chi connectivity index (χ3v) is 5.93. The summed E-state index contributed by atoms with van der Waals surface area (Å²) in [5.74, 6) is -0.557. The summed E-state index contributed by atoms with van der Waals surface area (Å²) in [5.41, 5.74) is 3.05. The number of ether oxygens (including phenoxy) is 1. The fraction of sp³-hybridized carbons (Fsp3) is 0.333. The molecule has 174 valence electrons. The van der Waals surface area contributed by atoms with Gasteiger partial charge >= 0.3 is 5.97 Å². The number of carboxylic acid groups (broad SMARTS) is 1. The van der Waals surface area contributed by atoms with Gasteiger partial charge in [0.25, 0.3) is 0 Å². The van der Waals surface area contributed by atoms with Crippen LogP contribution >= 0.6 is 11.6 Å². The molecule has 2 heterocycles. The van der Waals surface area contributed by atoms with Crippen LogP contribution in [0.4, 0.5) is 5.69 Å². The molecule has 3 N–H and O–H groups in total. The quantitative estimate of drug-likeness (QED) is 0.432. The van der Waals surface area contributed by atoms with E-state index in [0.717, 1.165) is 44.0 Å². The minimum Gasteiger partial charge on any atom is -0.477 e. The van der Waals surface area contributed by atoms with Crippen molar-refractivity contribution in [1.82, 2.24) is 14.9 Å². The number of hydrogen-bond donors (Lipinski definition) is 3. The van der Waals surface area contributed by atoms with Crippen LogP contribution in [0.5, 0.6) is 0 Å². The van der Waals surface area contributed by atoms with Crippen molar-refractivity contribution in [3.63, 3.8) is 0 Å². The van der Waals surface area contributed by atoms with Crippen LogP contribution in [0.3, 0.4) is 0 Å². The number of H-pyrrole nitrogens is 1. The van der Waals surface area contributed by atoms with Crippen molar-refractivity contribution in [3.8, 4) is 22.6 Å². The number of carbonyl (C=O) groups is 1. The number of anilines is 1. The molecule has 1 aromatic heterocycles. The molecule has 0 amide bonds. The molecule has 1 saturated heterocycles. The fourth-order valence-electron chi connectivity index (χ4n) is 3.89. The summed E-state index contributed by atoms with van der Waals surface area (Å²) in [7, 11) is 0. The van der Waals surface area contributed by atoms with Crippen LogP contribution < -0.4 is 4.90 Å². The van der Waals surface area contributed by atoms with Crippen LogP contribution in [0.2, 0.25) is 5.02 Å². The zero-order valence-electron chi connectivity index (χ0n) is 18.4. The Labute approximate surface area is 197 Å². The molecule has 0 bridgehead atoms. The van der Waals surface area contributed by atoms with Crippen molar-refractivity contribution >= 4 is 23.3 Å². The number of halogens is 1. The second-order valence-electron chi connectivity index (χ2n) is 7.97. The van der Waals surface area contributed by atoms with Crippen LogP contribution in [0.1, 0.15) is 17.4 Å². The van der Waals surface area contributed by atoms with E-state index in [2.05, 4.69) is 19.8 Å². The molecule has 0 aliphatic carbocycles. The van der Waals surface area contributed by atoms with E-state index in [0.29, 0.717) is 28.7 Å². The Bertz CT molecular complexity index is 1070. The summed E-state index contributed by atoms with van der Waals surface area (Å²) < 4.78 is 5.22. The SMILES string of the molecule is CC(O)OCCN1CCN(c2ccc(-c3nc(-c4ccc(Cl)cc4)c(C(=O)O)[nH]3)cc2)CC1. The molecule has 0 spiro atoms. The first-order chi connectivity index (χ1) is 15.9. The third kappa shape index (κ3) is 5.72. The molecule has 1 aliphatic rings. The number of aromatic nitrogens is 2. The van der Waals surface area contributed by atoms with Crippen molar-refractivity contribution < 1.29 is 19.7 Å². The van der Waals surface area contributed by atoms with Gasteiger partial charge in [-0.15, -0.1) is 0 Å². The average Bonchev–Trinajstić information content (AvgIpc) is 3.26. The van der Waals surface area contributed by atoms with Gasteiger partial charge in [0.1, 0.15) is 11.5 Å². The number of rotatable bonds is 8. The minimum atomic E-state index is -1.06. The molecule has 4 rings (SSSR count). The van der Waals surface area contributed by atoms with Gasteiger partial charge in [-0.05, 0) is 43.3 Å². The lowest BCUT2D eigenvalue weighted by Gasteiger charge is -2.36. The van der Waals surface area contributed by atoms with E-state index in [1.54, 1.807) is 31.2 Å². The molecule has 2 aromatic carbocycles. The highest BCUT2D eigenvalue weighted by Gasteiger charge is 2.20. The van der Waals surface area contributed by atoms with Gasteiger partial charge in [0, 0.05) is 54.6 Å². The van der Waals surface area contributed by atoms with E-state index in [1.165, 1.54) is 0 Å². The highest BCUT2D eigenvalue weighted by molar-refractivity contribution is 6.30. The Morgan fingerprint density at radius 3 is 2.33 bits per heavy atom. The summed E-state index contributed by atoms with van der Waals surface area (Å²) in [6.45, 7) is 6.59. The summed E-state index contributed by atoms with van der Waals surface area (Å²) >= 11 is 5.96. The Balaban J connectivity index is 1.44. The zero-order valence-corrected chi connectivity index (χ0v) is 19.1. The number of aliphatic hydroxyl groups excluding tert-OH is 1. The van der Waals surface area contributed by atoms with Crippen molar-refractivity contribution in [2.75, 3.05) is 44.2 Å². The van der Waals surface area contributed by atoms with E-state index < -0.39 is 12.3 Å². The number of nitrogens with one attached hydrogen (secondary N) is 1. The normalized spacial score (nSPS) is 15.5. The predicted octanol–water partition coefficient (Wildman–Crippen LogP) is 3.57. The topological polar surface area (TPSA) is 102 Å². The van der Waals surface area contributed by atoms with Gasteiger partial charge in [0.2, 0.25) is 0 Å². The van der Waals surface area contributed by atoms with E-state index in [-0.39, 0.29) is 5.69 Å². The summed E-state index contributed by atoms with van der Waals surface area (Å²) in [5, 5.41) is 19.4. The summed E-state index contributed by atoms with van der Waals surface area (Å²) in [6.07, 6.45) is -0.729. The second kappa shape index (κ2) is 10.4. The van der Waals surface area contributed by atoms with Crippen LogP contribution in [-0.2, 0) is 4.74 Å². The molecule has 9 heteroatoms. The molecule has 33 heavy (non-hydrogen) atoms. The molecular weight excluding hydrogens is 444 g/mol. The molecular formula is C24H27ClN4O4. The van der Waals surface area contributed by atoms with Crippen LogP contribution in [0.25, 0.3) is 22.6 Å². The molecule has 1 aliphatic heterocycles. The molecule has 1 fully saturated rings. The predicted molar refractivity (Wildman–Crippen MR) is 128 cm³/mol. The number of benzene rings is 2. The molecule has 1 unspecified atom stereocenters. The van der Waals surface area contributed by atoms with Crippen molar-refractivity contribution in [2.45, 2.75) is 13.2 Å². The molecule has 1 atom stereocenters. The number of aliphatic hydroxyl groups is 1. The highest BCUT2D eigenvalue weighted by atomic mass is 35.5. The molecule has 0 saturated carbocycles. The number of aromatic amines is 1. The maximum absolute atomic E-state index is 11.8. The van der Waals surface area contributed by atoms with Gasteiger partial charge < -0.3 is 24.8 Å². The molecule has 3 aromatic rings. The van der Waals surface area contributed by atoms with E-state index in [1.807, 2.05) is 24.3 Å². The lowest BCUT2D eigenvalue weighted by atomic mass is 10.1. The second-order valence-corrected chi connectivity index (χ2v) is 8.40. The van der Waals surface area contributed by atoms with E-state index in [4.69, 9.17) is 16.3 Å². The van der Waals surface area contributed by atoms with Crippen LogP contribution in [-0.4, -0.2) is 76.7 Å². The van der Waals surface area contributed by atoms with Gasteiger partial charge in [-0.1, -0.05) is 23.7 Å². The number of hydrogen-bond acceptors (Lipinski definition) is 6. The van der Waals surface area contributed by atoms with Crippen molar-refractivity contribution in [1.29, 1.82) is 0 Å². The number of carboxylic acids is 1. The van der Waals surface area contributed by atoms with Gasteiger partial charge in [0.05, 0.1) is 6.61 Å². The smallest absolute Gasteiger partial charge is 0.354 e. The Kier molecular flexibility index (Phi) is 7.29. The van der Waals surface area contributed by atoms with Crippen LogP contribution in [0, 0.1) is 0 Å². The third-order valence-electron chi connectivity index (χ3n) is 5.68. The first-order valence-electron chi connectivity index (χ1n) is 10.9. The van der Waals surface area contributed by atoms with E-state index >= 15 is 0 Å². The number of piperazine rings is 1. The monoisotopic (exact) mass is 470 g/mol. The van der Waals surface area contributed by atoms with Crippen molar-refractivity contribution in [2.24, 2.45) is 0 Å². The largest absolute Gasteiger partial charge is 0.477 e. The van der Waals surface area contributed by atoms with Crippen molar-refractivity contribution in [3.05, 3.63) is 59.2 Å². The zero-order chi connectivity index (χ0) is 23.4. The van der Waals surface area contributed by atoms with Gasteiger partial charge in [-0.3, -0.25) is 4.90 Å². The van der Waals surface area contributed by atoms with E-state index in [9.17, 15) is 15.0 Å². The lowest BCUT2D eigenvalue weighted by Crippen LogP contribution is -2.47. The average molecular weight is 471 g/mol. The maximum atomic E-state index is 11.8. The Morgan fingerprint density at radius 2 is 1.73 bits per heavy atom. The van der Waals surface area contributed by atoms with Crippen LogP contribution in [0.15, 0.2) is 48.5 Å². The maximum Gasteiger partial charge on any atom is 0.354 e. The summed E-state index contributed by atoms with van der Waals surface area (Å²) in [4.78, 5) is 23.9. The number of imidazole rings is 1. The van der Waals surface area contributed by atoms with Gasteiger partial charge in [0.15, 0.2) is 12.0 Å². The standard InChI is InChI=1S/C24H27ClN4O4/c1-16(30)33-15-14-28-10-12-29(13-11-28)20-8-4-18(5-9-20)23-26-21(22(27-23)24(31)32)17-2-6-19(25)7-3-17/h2-9,16,30H,10-15H2,1H3,(H,26,27)(H,31,32). The minimum absolute atomic E-state index is 0.0482. The molecule has 8 nitrogen and oxygen atoms in total. The first kappa shape index (κ1) is 23.3. The summed E-state index contributed by atoms with van der Waals surface area (Å²) in [6, 6.07) is 14.9. The molecule has 0 radical (unpaired) electrons. The fourth-order valence-corrected chi connectivity index (χ4v) is 4.02. The Morgan fingerprint density at radius 1 is 1.09 bits per heavy atom. The van der Waals surface area contributed by atoms with Gasteiger partial charge in [-0.25, -0.2) is 9.78 Å². The van der Waals surface area contributed by atoms with Gasteiger partial charge in [-0.2, -0.15) is 0 Å².